The van der Waals surface area contributed by atoms with Crippen LogP contribution in [0.4, 0.5) is 10.5 Å². The number of hydrogen-bond acceptors (Lipinski definition) is 7. The number of anilines is 1. The molecule has 2 fully saturated rings. The van der Waals surface area contributed by atoms with Gasteiger partial charge in [-0.25, -0.2) is 4.79 Å². The third-order valence-electron chi connectivity index (χ3n) is 6.62. The molecule has 36 heavy (non-hydrogen) atoms. The molecule has 3 aliphatic rings. The van der Waals surface area contributed by atoms with Gasteiger partial charge < -0.3 is 10.1 Å². The summed E-state index contributed by atoms with van der Waals surface area (Å²) in [5.74, 6) is 1.03. The van der Waals surface area contributed by atoms with Crippen molar-refractivity contribution in [2.75, 3.05) is 37.6 Å². The second-order valence-corrected chi connectivity index (χ2v) is 11.2. The molecule has 1 aromatic carbocycles. The molecule has 3 amide bonds. The van der Waals surface area contributed by atoms with Crippen LogP contribution in [0.5, 0.6) is 0 Å². The second kappa shape index (κ2) is 10.1. The highest BCUT2D eigenvalue weighted by atomic mass is 35.5. The molecule has 0 radical (unpaired) electrons. The molecule has 3 unspecified atom stereocenters. The molecule has 2 saturated heterocycles. The van der Waals surface area contributed by atoms with Gasteiger partial charge in [0.15, 0.2) is 0 Å². The second-order valence-electron chi connectivity index (χ2n) is 9.47. The zero-order chi connectivity index (χ0) is 25.4. The number of cyclic esters (lactones) is 1. The van der Waals surface area contributed by atoms with E-state index in [0.29, 0.717) is 40.5 Å². The van der Waals surface area contributed by atoms with Crippen molar-refractivity contribution in [3.8, 4) is 0 Å². The van der Waals surface area contributed by atoms with Crippen LogP contribution in [-0.2, 0) is 9.53 Å². The quantitative estimate of drug-likeness (QED) is 0.638. The number of carbonyl (C=O) groups excluding carboxylic acids is 3. The fourth-order valence-electron chi connectivity index (χ4n) is 4.91. The largest absolute Gasteiger partial charge is 0.442 e. The number of amidine groups is 1. The fourth-order valence-corrected chi connectivity index (χ4v) is 5.87. The first-order valence-corrected chi connectivity index (χ1v) is 13.2. The van der Waals surface area contributed by atoms with Gasteiger partial charge in [0, 0.05) is 23.7 Å². The Labute approximate surface area is 218 Å². The summed E-state index contributed by atoms with van der Waals surface area (Å²) in [6.45, 7) is 6.58. The van der Waals surface area contributed by atoms with E-state index in [1.54, 1.807) is 17.0 Å². The van der Waals surface area contributed by atoms with Gasteiger partial charge in [0.1, 0.15) is 11.9 Å². The number of amides is 3. The molecule has 1 N–H and O–H groups in total. The van der Waals surface area contributed by atoms with Crippen molar-refractivity contribution in [2.45, 2.75) is 26.4 Å². The van der Waals surface area contributed by atoms with E-state index in [1.165, 1.54) is 11.3 Å². The van der Waals surface area contributed by atoms with E-state index >= 15 is 0 Å². The van der Waals surface area contributed by atoms with Gasteiger partial charge >= 0.3 is 6.09 Å². The van der Waals surface area contributed by atoms with E-state index < -0.39 is 12.2 Å². The average molecular weight is 530 g/mol. The molecule has 3 aliphatic heterocycles. The molecule has 5 rings (SSSR count). The number of nitrogens with zero attached hydrogens (tertiary/aromatic N) is 4. The van der Waals surface area contributed by atoms with Gasteiger partial charge in [0.05, 0.1) is 35.4 Å². The number of halogens is 1. The van der Waals surface area contributed by atoms with Crippen LogP contribution < -0.4 is 10.2 Å². The molecule has 1 aromatic heterocycles. The lowest BCUT2D eigenvalue weighted by Gasteiger charge is -2.39. The lowest BCUT2D eigenvalue weighted by Crippen LogP contribution is -2.54. The van der Waals surface area contributed by atoms with Crippen molar-refractivity contribution in [1.29, 1.82) is 0 Å². The molecule has 9 nitrogen and oxygen atoms in total. The molecule has 0 aliphatic carbocycles. The summed E-state index contributed by atoms with van der Waals surface area (Å²) >= 11 is 7.09. The number of ether oxygens (including phenoxy) is 1. The third-order valence-corrected chi connectivity index (χ3v) is 7.85. The molecule has 190 valence electrons. The maximum absolute atomic E-state index is 12.9. The summed E-state index contributed by atoms with van der Waals surface area (Å²) in [6.07, 6.45) is -0.0552. The molecule has 11 heteroatoms. The van der Waals surface area contributed by atoms with Crippen LogP contribution in [0.25, 0.3) is 0 Å². The van der Waals surface area contributed by atoms with Crippen molar-refractivity contribution in [2.24, 2.45) is 16.8 Å². The molecule has 4 heterocycles. The topological polar surface area (TPSA) is 94.5 Å². The van der Waals surface area contributed by atoms with Crippen LogP contribution in [0.15, 0.2) is 41.4 Å². The Morgan fingerprint density at radius 1 is 1.14 bits per heavy atom. The number of rotatable bonds is 5. The lowest BCUT2D eigenvalue weighted by atomic mass is 9.97. The van der Waals surface area contributed by atoms with Crippen molar-refractivity contribution in [1.82, 2.24) is 15.3 Å². The van der Waals surface area contributed by atoms with Crippen LogP contribution >= 0.6 is 22.9 Å². The van der Waals surface area contributed by atoms with Crippen molar-refractivity contribution in [3.63, 3.8) is 0 Å². The maximum Gasteiger partial charge on any atom is 0.414 e. The summed E-state index contributed by atoms with van der Waals surface area (Å²) < 4.78 is 6.00. The van der Waals surface area contributed by atoms with Crippen LogP contribution in [0, 0.1) is 11.8 Å². The van der Waals surface area contributed by atoms with E-state index in [1.807, 2.05) is 41.2 Å². The Bertz CT molecular complexity index is 1200. The minimum Gasteiger partial charge on any atom is -0.442 e. The van der Waals surface area contributed by atoms with Crippen molar-refractivity contribution in [3.05, 3.63) is 51.2 Å². The number of carbonyl (C=O) groups is 3. The SMILES string of the molecule is CC1CC(C)C(=O)N2CCN=C(c3ccc(N4CC(CNC(=O)c5ccc(Cl)s5)OC4=O)cc3)N2C1. The number of benzene rings is 1. The first-order valence-electron chi connectivity index (χ1n) is 12.1. The number of nitrogens with one attached hydrogen (secondary N) is 1. The zero-order valence-electron chi connectivity index (χ0n) is 20.1. The zero-order valence-corrected chi connectivity index (χ0v) is 21.7. The predicted octanol–water partition coefficient (Wildman–Crippen LogP) is 3.64. The summed E-state index contributed by atoms with van der Waals surface area (Å²) in [4.78, 5) is 44.5. The van der Waals surface area contributed by atoms with Crippen LogP contribution in [0.1, 0.15) is 35.5 Å². The lowest BCUT2D eigenvalue weighted by molar-refractivity contribution is -0.145. The third kappa shape index (κ3) is 4.92. The standard InChI is InChI=1S/C25H28ClN5O4S/c1-15-11-16(2)24(33)30-10-9-27-22(31(30)13-15)17-3-5-18(6-4-17)29-14-19(35-25(29)34)12-28-23(32)20-7-8-21(26)36-20/h3-8,15-16,19H,9-14H2,1-2H3,(H,28,32). The summed E-state index contributed by atoms with van der Waals surface area (Å²) in [7, 11) is 0. The highest BCUT2D eigenvalue weighted by Gasteiger charge is 2.36. The molecular formula is C25H28ClN5O4S. The molecule has 0 saturated carbocycles. The Morgan fingerprint density at radius 3 is 2.64 bits per heavy atom. The fraction of sp³-hybridized carbons (Fsp3) is 0.440. The van der Waals surface area contributed by atoms with Crippen LogP contribution in [-0.4, -0.2) is 72.6 Å². The van der Waals surface area contributed by atoms with E-state index in [0.717, 1.165) is 24.4 Å². The molecule has 0 spiro atoms. The Balaban J connectivity index is 1.24. The monoisotopic (exact) mass is 529 g/mol. The first-order chi connectivity index (χ1) is 17.3. The Kier molecular flexibility index (Phi) is 6.90. The summed E-state index contributed by atoms with van der Waals surface area (Å²) in [5, 5.41) is 6.65. The van der Waals surface area contributed by atoms with Gasteiger partial charge in [-0.1, -0.05) is 25.4 Å². The molecule has 0 bridgehead atoms. The van der Waals surface area contributed by atoms with Crippen molar-refractivity contribution >= 4 is 52.4 Å². The Morgan fingerprint density at radius 2 is 1.92 bits per heavy atom. The number of aliphatic imine (C=N–C) groups is 1. The van der Waals surface area contributed by atoms with Gasteiger partial charge in [0.25, 0.3) is 5.91 Å². The molecule has 3 atom stereocenters. The highest BCUT2D eigenvalue weighted by Crippen LogP contribution is 2.28. The predicted molar refractivity (Wildman–Crippen MR) is 138 cm³/mol. The average Bonchev–Trinajstić information content (AvgIpc) is 3.44. The maximum atomic E-state index is 12.9. The molecular weight excluding hydrogens is 502 g/mol. The van der Waals surface area contributed by atoms with E-state index in [2.05, 4.69) is 12.2 Å². The van der Waals surface area contributed by atoms with E-state index in [4.69, 9.17) is 21.3 Å². The van der Waals surface area contributed by atoms with E-state index in [9.17, 15) is 14.4 Å². The minimum absolute atomic E-state index is 0.00579. The van der Waals surface area contributed by atoms with E-state index in [-0.39, 0.29) is 24.3 Å². The first kappa shape index (κ1) is 24.6. The minimum atomic E-state index is -0.459. The van der Waals surface area contributed by atoms with Gasteiger partial charge in [-0.15, -0.1) is 11.3 Å². The highest BCUT2D eigenvalue weighted by molar-refractivity contribution is 7.18. The van der Waals surface area contributed by atoms with Crippen LogP contribution in [0.3, 0.4) is 0 Å². The number of thiophene rings is 1. The smallest absolute Gasteiger partial charge is 0.414 e. The normalized spacial score (nSPS) is 24.2. The molecule has 2 aromatic rings. The van der Waals surface area contributed by atoms with Crippen molar-refractivity contribution < 1.29 is 19.1 Å². The van der Waals surface area contributed by atoms with Gasteiger partial charge in [-0.2, -0.15) is 0 Å². The summed E-state index contributed by atoms with van der Waals surface area (Å²) in [6, 6.07) is 10.9. The van der Waals surface area contributed by atoms with Gasteiger partial charge in [0.2, 0.25) is 5.91 Å². The Hall–Kier alpha value is -3.11. The van der Waals surface area contributed by atoms with Crippen LogP contribution in [0.2, 0.25) is 4.34 Å². The number of hydrogen-bond donors (Lipinski definition) is 1. The summed E-state index contributed by atoms with van der Waals surface area (Å²) in [5.41, 5.74) is 1.59. The number of fused-ring (bicyclic) bond motifs is 1. The number of hydrazine groups is 1. The van der Waals surface area contributed by atoms with Gasteiger partial charge in [-0.05, 0) is 48.7 Å². The van der Waals surface area contributed by atoms with Gasteiger partial charge in [-0.3, -0.25) is 29.5 Å².